The molecule has 0 spiro atoms. The molecule has 0 aromatic carbocycles. The van der Waals surface area contributed by atoms with Crippen molar-refractivity contribution in [2.24, 2.45) is 0 Å². The molecular formula is C13H20N2O3. The Morgan fingerprint density at radius 3 is 2.44 bits per heavy atom. The third kappa shape index (κ3) is 4.71. The maximum Gasteiger partial charge on any atom is 0.412 e. The maximum atomic E-state index is 11.6. The summed E-state index contributed by atoms with van der Waals surface area (Å²) in [5, 5.41) is 12.4. The standard InChI is InChI=1S/C13H20N2O3/c1-12(2,3)18-11(16)15-9-6-7-14-10(8-9)13(4,5)17/h6-8,17H,1-5H3,(H,14,15,16). The Morgan fingerprint density at radius 2 is 1.94 bits per heavy atom. The number of amides is 1. The number of ether oxygens (including phenoxy) is 1. The number of hydrogen-bond donors (Lipinski definition) is 2. The van der Waals surface area contributed by atoms with Crippen molar-refractivity contribution in [2.45, 2.75) is 45.8 Å². The molecule has 0 aliphatic carbocycles. The van der Waals surface area contributed by atoms with Crippen LogP contribution < -0.4 is 5.32 Å². The van der Waals surface area contributed by atoms with Crippen LogP contribution in [0, 0.1) is 0 Å². The number of nitrogens with zero attached hydrogens (tertiary/aromatic N) is 1. The summed E-state index contributed by atoms with van der Waals surface area (Å²) in [5.74, 6) is 0. The monoisotopic (exact) mass is 252 g/mol. The van der Waals surface area contributed by atoms with Crippen molar-refractivity contribution in [1.29, 1.82) is 0 Å². The molecule has 1 aromatic rings. The summed E-state index contributed by atoms with van der Waals surface area (Å²) in [4.78, 5) is 15.6. The summed E-state index contributed by atoms with van der Waals surface area (Å²) in [6, 6.07) is 3.25. The lowest BCUT2D eigenvalue weighted by atomic mass is 10.0. The highest BCUT2D eigenvalue weighted by atomic mass is 16.6. The van der Waals surface area contributed by atoms with Crippen molar-refractivity contribution in [2.75, 3.05) is 5.32 Å². The number of anilines is 1. The van der Waals surface area contributed by atoms with Gasteiger partial charge in [0.1, 0.15) is 11.2 Å². The van der Waals surface area contributed by atoms with E-state index in [1.54, 1.807) is 46.8 Å². The third-order valence-electron chi connectivity index (χ3n) is 2.03. The molecule has 5 nitrogen and oxygen atoms in total. The summed E-state index contributed by atoms with van der Waals surface area (Å²) in [6.07, 6.45) is 0.996. The number of aromatic nitrogens is 1. The van der Waals surface area contributed by atoms with Crippen LogP contribution in [-0.4, -0.2) is 21.8 Å². The van der Waals surface area contributed by atoms with Gasteiger partial charge in [-0.1, -0.05) is 0 Å². The van der Waals surface area contributed by atoms with Gasteiger partial charge in [0, 0.05) is 11.9 Å². The predicted molar refractivity (Wildman–Crippen MR) is 69.3 cm³/mol. The largest absolute Gasteiger partial charge is 0.444 e. The molecule has 0 saturated carbocycles. The van der Waals surface area contributed by atoms with Crippen LogP contribution >= 0.6 is 0 Å². The Labute approximate surface area is 107 Å². The first kappa shape index (κ1) is 14.4. The first-order valence-corrected chi connectivity index (χ1v) is 5.77. The van der Waals surface area contributed by atoms with E-state index in [9.17, 15) is 9.90 Å². The van der Waals surface area contributed by atoms with Crippen molar-refractivity contribution in [3.05, 3.63) is 24.0 Å². The second-order valence-corrected chi connectivity index (χ2v) is 5.62. The maximum absolute atomic E-state index is 11.6. The Hall–Kier alpha value is -1.62. The fraction of sp³-hybridized carbons (Fsp3) is 0.538. The van der Waals surface area contributed by atoms with E-state index in [0.29, 0.717) is 11.4 Å². The average Bonchev–Trinajstić information content (AvgIpc) is 2.13. The highest BCUT2D eigenvalue weighted by Crippen LogP contribution is 2.20. The summed E-state index contributed by atoms with van der Waals surface area (Å²) in [5.41, 5.74) is -0.575. The van der Waals surface area contributed by atoms with E-state index < -0.39 is 17.3 Å². The van der Waals surface area contributed by atoms with E-state index in [1.807, 2.05) is 0 Å². The molecule has 0 fully saturated rings. The quantitative estimate of drug-likeness (QED) is 0.848. The summed E-state index contributed by atoms with van der Waals surface area (Å²) < 4.78 is 5.13. The molecule has 0 unspecified atom stereocenters. The molecule has 5 heteroatoms. The molecule has 0 radical (unpaired) electrons. The summed E-state index contributed by atoms with van der Waals surface area (Å²) in [6.45, 7) is 8.64. The average molecular weight is 252 g/mol. The molecule has 1 rings (SSSR count). The Balaban J connectivity index is 2.77. The molecular weight excluding hydrogens is 232 g/mol. The highest BCUT2D eigenvalue weighted by Gasteiger charge is 2.19. The lowest BCUT2D eigenvalue weighted by molar-refractivity contribution is 0.0633. The van der Waals surface area contributed by atoms with Gasteiger partial charge >= 0.3 is 6.09 Å². The summed E-state index contributed by atoms with van der Waals surface area (Å²) in [7, 11) is 0. The SMILES string of the molecule is CC(C)(C)OC(=O)Nc1ccnc(C(C)(C)O)c1. The minimum Gasteiger partial charge on any atom is -0.444 e. The van der Waals surface area contributed by atoms with E-state index in [2.05, 4.69) is 10.3 Å². The van der Waals surface area contributed by atoms with Crippen LogP contribution in [0.4, 0.5) is 10.5 Å². The number of aliphatic hydroxyl groups is 1. The first-order chi connectivity index (χ1) is 8.08. The molecule has 1 aromatic heterocycles. The minimum atomic E-state index is -1.05. The van der Waals surface area contributed by atoms with Crippen LogP contribution in [-0.2, 0) is 10.3 Å². The Kier molecular flexibility index (Phi) is 3.96. The molecule has 0 aliphatic rings. The second kappa shape index (κ2) is 4.94. The molecule has 0 bridgehead atoms. The van der Waals surface area contributed by atoms with Crippen LogP contribution in [0.1, 0.15) is 40.3 Å². The van der Waals surface area contributed by atoms with Crippen molar-refractivity contribution >= 4 is 11.8 Å². The van der Waals surface area contributed by atoms with E-state index in [1.165, 1.54) is 6.20 Å². The van der Waals surface area contributed by atoms with E-state index in [4.69, 9.17) is 4.74 Å². The molecule has 18 heavy (non-hydrogen) atoms. The molecule has 100 valence electrons. The van der Waals surface area contributed by atoms with Gasteiger partial charge in [-0.15, -0.1) is 0 Å². The fourth-order valence-corrected chi connectivity index (χ4v) is 1.26. The first-order valence-electron chi connectivity index (χ1n) is 5.77. The number of rotatable bonds is 2. The van der Waals surface area contributed by atoms with Gasteiger partial charge in [0.25, 0.3) is 0 Å². The number of carbonyl (C=O) groups excluding carboxylic acids is 1. The number of nitrogens with one attached hydrogen (secondary N) is 1. The normalized spacial score (nSPS) is 12.1. The van der Waals surface area contributed by atoms with Crippen molar-refractivity contribution in [1.82, 2.24) is 4.98 Å². The zero-order valence-corrected chi connectivity index (χ0v) is 11.4. The number of pyridine rings is 1. The van der Waals surface area contributed by atoms with Crippen molar-refractivity contribution in [3.8, 4) is 0 Å². The van der Waals surface area contributed by atoms with Gasteiger partial charge in [-0.05, 0) is 46.8 Å². The van der Waals surface area contributed by atoms with Gasteiger partial charge in [0.2, 0.25) is 0 Å². The third-order valence-corrected chi connectivity index (χ3v) is 2.03. The zero-order chi connectivity index (χ0) is 14.0. The summed E-state index contributed by atoms with van der Waals surface area (Å²) >= 11 is 0. The molecule has 0 aliphatic heterocycles. The van der Waals surface area contributed by atoms with Crippen molar-refractivity contribution in [3.63, 3.8) is 0 Å². The molecule has 1 amide bonds. The predicted octanol–water partition coefficient (Wildman–Crippen LogP) is 2.66. The smallest absolute Gasteiger partial charge is 0.412 e. The topological polar surface area (TPSA) is 71.5 Å². The van der Waals surface area contributed by atoms with Crippen LogP contribution in [0.2, 0.25) is 0 Å². The van der Waals surface area contributed by atoms with Gasteiger partial charge in [0.05, 0.1) is 5.69 Å². The van der Waals surface area contributed by atoms with Crippen LogP contribution in [0.3, 0.4) is 0 Å². The molecule has 0 atom stereocenters. The molecule has 0 saturated heterocycles. The van der Waals surface area contributed by atoms with Gasteiger partial charge in [-0.25, -0.2) is 4.79 Å². The van der Waals surface area contributed by atoms with E-state index in [0.717, 1.165) is 0 Å². The highest BCUT2D eigenvalue weighted by molar-refractivity contribution is 5.84. The van der Waals surface area contributed by atoms with Gasteiger partial charge in [0.15, 0.2) is 0 Å². The Bertz CT molecular complexity index is 431. The Morgan fingerprint density at radius 1 is 1.33 bits per heavy atom. The van der Waals surface area contributed by atoms with Crippen molar-refractivity contribution < 1.29 is 14.6 Å². The van der Waals surface area contributed by atoms with Gasteiger partial charge in [-0.2, -0.15) is 0 Å². The fourth-order valence-electron chi connectivity index (χ4n) is 1.26. The van der Waals surface area contributed by atoms with Gasteiger partial charge in [-0.3, -0.25) is 10.3 Å². The van der Waals surface area contributed by atoms with Gasteiger partial charge < -0.3 is 9.84 Å². The molecule has 2 N–H and O–H groups in total. The van der Waals surface area contributed by atoms with Crippen LogP contribution in [0.25, 0.3) is 0 Å². The zero-order valence-electron chi connectivity index (χ0n) is 11.4. The lowest BCUT2D eigenvalue weighted by Gasteiger charge is -2.20. The number of hydrogen-bond acceptors (Lipinski definition) is 4. The van der Waals surface area contributed by atoms with Crippen LogP contribution in [0.5, 0.6) is 0 Å². The molecule has 1 heterocycles. The second-order valence-electron chi connectivity index (χ2n) is 5.62. The lowest BCUT2D eigenvalue weighted by Crippen LogP contribution is -2.27. The minimum absolute atomic E-state index is 0.482. The van der Waals surface area contributed by atoms with E-state index in [-0.39, 0.29) is 0 Å². The van der Waals surface area contributed by atoms with Crippen LogP contribution in [0.15, 0.2) is 18.3 Å². The van der Waals surface area contributed by atoms with E-state index >= 15 is 0 Å². The number of carbonyl (C=O) groups is 1.